The molecule has 19 heavy (non-hydrogen) atoms. The van der Waals surface area contributed by atoms with E-state index in [0.29, 0.717) is 5.75 Å². The van der Waals surface area contributed by atoms with E-state index < -0.39 is 12.1 Å². The van der Waals surface area contributed by atoms with Gasteiger partial charge in [-0.3, -0.25) is 0 Å². The van der Waals surface area contributed by atoms with Crippen LogP contribution in [-0.2, 0) is 4.79 Å². The summed E-state index contributed by atoms with van der Waals surface area (Å²) >= 11 is 2.26. The maximum atomic E-state index is 10.7. The van der Waals surface area contributed by atoms with Gasteiger partial charge in [0.1, 0.15) is 5.75 Å². The van der Waals surface area contributed by atoms with Crippen LogP contribution in [0.3, 0.4) is 0 Å². The Hall–Kier alpha value is -1.56. The summed E-state index contributed by atoms with van der Waals surface area (Å²) < 4.78 is 6.48. The van der Waals surface area contributed by atoms with Crippen LogP contribution in [0.2, 0.25) is 0 Å². The number of hydrogen-bond donors (Lipinski definition) is 1. The van der Waals surface area contributed by atoms with Gasteiger partial charge in [0, 0.05) is 3.57 Å². The minimum Gasteiger partial charge on any atom is -0.479 e. The molecule has 0 spiro atoms. The first kappa shape index (κ1) is 13.9. The summed E-state index contributed by atoms with van der Waals surface area (Å²) in [7, 11) is 0. The van der Waals surface area contributed by atoms with Crippen LogP contribution in [-0.4, -0.2) is 17.2 Å². The highest BCUT2D eigenvalue weighted by molar-refractivity contribution is 14.1. The van der Waals surface area contributed by atoms with Gasteiger partial charge in [-0.25, -0.2) is 4.79 Å². The van der Waals surface area contributed by atoms with E-state index in [2.05, 4.69) is 34.7 Å². The Labute approximate surface area is 125 Å². The topological polar surface area (TPSA) is 46.5 Å². The van der Waals surface area contributed by atoms with Gasteiger partial charge >= 0.3 is 5.97 Å². The van der Waals surface area contributed by atoms with Gasteiger partial charge in [0.15, 0.2) is 6.10 Å². The van der Waals surface area contributed by atoms with Crippen molar-refractivity contribution in [3.63, 3.8) is 0 Å². The molecule has 0 heterocycles. The molecule has 1 N–H and O–H groups in total. The van der Waals surface area contributed by atoms with Crippen LogP contribution in [0.1, 0.15) is 6.92 Å². The lowest BCUT2D eigenvalue weighted by Gasteiger charge is -2.10. The first-order chi connectivity index (χ1) is 9.06. The highest BCUT2D eigenvalue weighted by atomic mass is 127. The molecule has 0 aliphatic carbocycles. The standard InChI is InChI=1S/C15H13IO3/c1-10(15(17)18)19-14-8-4-12(5-9-14)11-2-6-13(16)7-3-11/h2-10H,1H3,(H,17,18). The van der Waals surface area contributed by atoms with Crippen molar-refractivity contribution >= 4 is 28.6 Å². The van der Waals surface area contributed by atoms with Crippen molar-refractivity contribution in [2.45, 2.75) is 13.0 Å². The second-order valence-corrected chi connectivity index (χ2v) is 5.38. The lowest BCUT2D eigenvalue weighted by Crippen LogP contribution is -2.22. The second-order valence-electron chi connectivity index (χ2n) is 4.13. The summed E-state index contributed by atoms with van der Waals surface area (Å²) in [5.74, 6) is -0.411. The zero-order valence-corrected chi connectivity index (χ0v) is 12.5. The number of halogens is 1. The van der Waals surface area contributed by atoms with Gasteiger partial charge in [0.25, 0.3) is 0 Å². The molecule has 0 aliphatic heterocycles. The van der Waals surface area contributed by atoms with E-state index in [1.807, 2.05) is 24.3 Å². The fourth-order valence-electron chi connectivity index (χ4n) is 1.62. The quantitative estimate of drug-likeness (QED) is 0.835. The fraction of sp³-hybridized carbons (Fsp3) is 0.133. The van der Waals surface area contributed by atoms with Crippen LogP contribution in [0.15, 0.2) is 48.5 Å². The van der Waals surface area contributed by atoms with Gasteiger partial charge < -0.3 is 9.84 Å². The Morgan fingerprint density at radius 3 is 2.00 bits per heavy atom. The lowest BCUT2D eigenvalue weighted by atomic mass is 10.1. The summed E-state index contributed by atoms with van der Waals surface area (Å²) in [5, 5.41) is 8.78. The van der Waals surface area contributed by atoms with Crippen molar-refractivity contribution in [2.24, 2.45) is 0 Å². The van der Waals surface area contributed by atoms with E-state index in [9.17, 15) is 4.79 Å². The van der Waals surface area contributed by atoms with Crippen molar-refractivity contribution in [3.05, 3.63) is 52.1 Å². The van der Waals surface area contributed by atoms with Gasteiger partial charge in [-0.1, -0.05) is 24.3 Å². The van der Waals surface area contributed by atoms with Crippen LogP contribution in [0.4, 0.5) is 0 Å². The molecule has 0 saturated heterocycles. The van der Waals surface area contributed by atoms with Gasteiger partial charge in [-0.15, -0.1) is 0 Å². The van der Waals surface area contributed by atoms with Crippen molar-refractivity contribution in [2.75, 3.05) is 0 Å². The summed E-state index contributed by atoms with van der Waals surface area (Å²) in [4.78, 5) is 10.7. The number of benzene rings is 2. The van der Waals surface area contributed by atoms with Crippen LogP contribution in [0, 0.1) is 3.57 Å². The summed E-state index contributed by atoms with van der Waals surface area (Å²) in [6, 6.07) is 15.6. The Kier molecular flexibility index (Phi) is 4.42. The molecule has 3 nitrogen and oxygen atoms in total. The minimum absolute atomic E-state index is 0.559. The smallest absolute Gasteiger partial charge is 0.344 e. The fourth-order valence-corrected chi connectivity index (χ4v) is 1.98. The average molecular weight is 368 g/mol. The van der Waals surface area contributed by atoms with Gasteiger partial charge in [-0.2, -0.15) is 0 Å². The molecule has 0 saturated carbocycles. The lowest BCUT2D eigenvalue weighted by molar-refractivity contribution is -0.144. The number of ether oxygens (including phenoxy) is 1. The molecule has 2 aromatic carbocycles. The van der Waals surface area contributed by atoms with Crippen LogP contribution in [0.25, 0.3) is 11.1 Å². The molecule has 98 valence electrons. The molecule has 0 bridgehead atoms. The zero-order chi connectivity index (χ0) is 13.8. The second kappa shape index (κ2) is 6.06. The molecular weight excluding hydrogens is 355 g/mol. The zero-order valence-electron chi connectivity index (χ0n) is 10.3. The van der Waals surface area contributed by atoms with Crippen molar-refractivity contribution in [3.8, 4) is 16.9 Å². The number of carboxylic acids is 1. The Balaban J connectivity index is 2.14. The van der Waals surface area contributed by atoms with Crippen molar-refractivity contribution in [1.82, 2.24) is 0 Å². The molecule has 0 radical (unpaired) electrons. The first-order valence-electron chi connectivity index (χ1n) is 5.82. The number of carbonyl (C=O) groups is 1. The Bertz CT molecular complexity index is 561. The van der Waals surface area contributed by atoms with Crippen LogP contribution < -0.4 is 4.74 Å². The predicted molar refractivity (Wildman–Crippen MR) is 82.3 cm³/mol. The number of aliphatic carboxylic acids is 1. The average Bonchev–Trinajstić information content (AvgIpc) is 2.40. The predicted octanol–water partition coefficient (Wildman–Crippen LogP) is 3.81. The SMILES string of the molecule is CC(Oc1ccc(-c2ccc(I)cc2)cc1)C(=O)O. The van der Waals surface area contributed by atoms with Crippen LogP contribution >= 0.6 is 22.6 Å². The molecule has 1 unspecified atom stereocenters. The Morgan fingerprint density at radius 1 is 1.05 bits per heavy atom. The molecule has 2 rings (SSSR count). The van der Waals surface area contributed by atoms with Gasteiger partial charge in [-0.05, 0) is 64.9 Å². The third-order valence-electron chi connectivity index (χ3n) is 2.69. The van der Waals surface area contributed by atoms with E-state index in [1.165, 1.54) is 10.5 Å². The summed E-state index contributed by atoms with van der Waals surface area (Å²) in [6.07, 6.45) is -0.843. The molecule has 0 fully saturated rings. The van der Waals surface area contributed by atoms with E-state index in [4.69, 9.17) is 9.84 Å². The van der Waals surface area contributed by atoms with Crippen molar-refractivity contribution in [1.29, 1.82) is 0 Å². The van der Waals surface area contributed by atoms with E-state index in [1.54, 1.807) is 12.1 Å². The molecule has 0 amide bonds. The molecule has 0 aromatic heterocycles. The third-order valence-corrected chi connectivity index (χ3v) is 3.41. The number of carboxylic acid groups (broad SMARTS) is 1. The third kappa shape index (κ3) is 3.70. The maximum Gasteiger partial charge on any atom is 0.344 e. The highest BCUT2D eigenvalue weighted by Crippen LogP contribution is 2.23. The van der Waals surface area contributed by atoms with Crippen molar-refractivity contribution < 1.29 is 14.6 Å². The van der Waals surface area contributed by atoms with Gasteiger partial charge in [0.2, 0.25) is 0 Å². The maximum absolute atomic E-state index is 10.7. The monoisotopic (exact) mass is 368 g/mol. The summed E-state index contributed by atoms with van der Waals surface area (Å²) in [5.41, 5.74) is 2.20. The Morgan fingerprint density at radius 2 is 1.53 bits per heavy atom. The normalized spacial score (nSPS) is 11.9. The number of rotatable bonds is 4. The largest absolute Gasteiger partial charge is 0.479 e. The van der Waals surface area contributed by atoms with E-state index in [0.717, 1.165) is 11.1 Å². The molecule has 0 aliphatic rings. The van der Waals surface area contributed by atoms with Crippen LogP contribution in [0.5, 0.6) is 5.75 Å². The minimum atomic E-state index is -0.971. The molecule has 1 atom stereocenters. The van der Waals surface area contributed by atoms with E-state index in [-0.39, 0.29) is 0 Å². The molecule has 4 heteroatoms. The summed E-state index contributed by atoms with van der Waals surface area (Å²) in [6.45, 7) is 1.51. The molecular formula is C15H13IO3. The van der Waals surface area contributed by atoms with E-state index >= 15 is 0 Å². The highest BCUT2D eigenvalue weighted by Gasteiger charge is 2.12. The first-order valence-corrected chi connectivity index (χ1v) is 6.89. The van der Waals surface area contributed by atoms with Gasteiger partial charge in [0.05, 0.1) is 0 Å². The number of hydrogen-bond acceptors (Lipinski definition) is 2. The molecule has 2 aromatic rings.